The van der Waals surface area contributed by atoms with Crippen LogP contribution in [0.4, 0.5) is 0 Å². The number of hydrogen-bond donors (Lipinski definition) is 3. The largest absolute Gasteiger partial charge is 0.387 e. The normalized spacial score (nSPS) is 13.3. The van der Waals surface area contributed by atoms with Crippen LogP contribution in [0.15, 0.2) is 24.3 Å². The van der Waals surface area contributed by atoms with Gasteiger partial charge in [0.15, 0.2) is 0 Å². The molecule has 55 heavy (non-hydrogen) atoms. The van der Waals surface area contributed by atoms with Gasteiger partial charge in [0.2, 0.25) is 5.91 Å². The summed E-state index contributed by atoms with van der Waals surface area (Å²) in [6, 6.07) is -1.07. The molecule has 0 saturated heterocycles. The Morgan fingerprint density at radius 3 is 1.15 bits per heavy atom. The molecule has 2 unspecified atom stereocenters. The maximum absolute atomic E-state index is 12.6. The van der Waals surface area contributed by atoms with Crippen molar-refractivity contribution in [1.82, 2.24) is 5.32 Å². The van der Waals surface area contributed by atoms with Crippen LogP contribution in [0.5, 0.6) is 0 Å². The summed E-state index contributed by atoms with van der Waals surface area (Å²) in [6.45, 7) is 4.55. The molecule has 0 rings (SSSR count). The molecule has 6 nitrogen and oxygen atoms in total. The first-order chi connectivity index (χ1) is 26.8. The van der Waals surface area contributed by atoms with E-state index < -0.39 is 28.0 Å². The van der Waals surface area contributed by atoms with E-state index in [2.05, 4.69) is 31.3 Å². The zero-order valence-electron chi connectivity index (χ0n) is 36.6. The molecule has 0 aliphatic heterocycles. The minimum atomic E-state index is -4.35. The van der Waals surface area contributed by atoms with E-state index in [-0.39, 0.29) is 5.91 Å². The second-order valence-corrected chi connectivity index (χ2v) is 18.2. The smallest absolute Gasteiger partial charge is 0.267 e. The number of nitrogens with one attached hydrogen (secondary N) is 1. The molecule has 7 heteroatoms. The average Bonchev–Trinajstić information content (AvgIpc) is 3.15. The zero-order valence-corrected chi connectivity index (χ0v) is 37.4. The Hall–Kier alpha value is -1.18. The molecule has 0 aromatic heterocycles. The monoisotopic (exact) mass is 796 g/mol. The van der Waals surface area contributed by atoms with Crippen molar-refractivity contribution in [1.29, 1.82) is 0 Å². The number of amides is 1. The van der Waals surface area contributed by atoms with Crippen LogP contribution in [-0.2, 0) is 14.9 Å². The van der Waals surface area contributed by atoms with E-state index in [1.807, 2.05) is 6.08 Å². The molecule has 0 spiro atoms. The number of carbonyl (C=O) groups is 1. The van der Waals surface area contributed by atoms with Crippen LogP contribution < -0.4 is 5.32 Å². The highest BCUT2D eigenvalue weighted by Crippen LogP contribution is 2.16. The highest BCUT2D eigenvalue weighted by molar-refractivity contribution is 7.85. The number of unbranched alkanes of at least 4 members (excludes halogenated alkanes) is 34. The molecule has 0 radical (unpaired) electrons. The fourth-order valence-corrected chi connectivity index (χ4v) is 8.26. The number of hydrogen-bond acceptors (Lipinski definition) is 4. The maximum atomic E-state index is 12.6. The third-order valence-corrected chi connectivity index (χ3v) is 11.9. The molecule has 2 atom stereocenters. The summed E-state index contributed by atoms with van der Waals surface area (Å²) in [4.78, 5) is 12.6. The first-order valence-electron chi connectivity index (χ1n) is 24.0. The third kappa shape index (κ3) is 43.8. The molecular formula is C48H93NO5S. The van der Waals surface area contributed by atoms with Crippen LogP contribution in [0.1, 0.15) is 258 Å². The van der Waals surface area contributed by atoms with Crippen molar-refractivity contribution < 1.29 is 22.9 Å². The summed E-state index contributed by atoms with van der Waals surface area (Å²) in [5.41, 5.74) is 0. The Morgan fingerprint density at radius 2 is 0.782 bits per heavy atom. The minimum absolute atomic E-state index is 0.283. The van der Waals surface area contributed by atoms with Crippen molar-refractivity contribution in [3.8, 4) is 0 Å². The molecular weight excluding hydrogens is 703 g/mol. The second-order valence-electron chi connectivity index (χ2n) is 16.7. The van der Waals surface area contributed by atoms with E-state index in [0.29, 0.717) is 6.42 Å². The van der Waals surface area contributed by atoms with Gasteiger partial charge < -0.3 is 10.4 Å². The lowest BCUT2D eigenvalue weighted by molar-refractivity contribution is -0.122. The molecule has 1 amide bonds. The molecule has 0 saturated carbocycles. The highest BCUT2D eigenvalue weighted by Gasteiger charge is 2.24. The predicted molar refractivity (Wildman–Crippen MR) is 239 cm³/mol. The molecule has 0 aromatic rings. The molecule has 0 aliphatic rings. The Bertz CT molecular complexity index is 965. The quantitative estimate of drug-likeness (QED) is 0.0324. The molecule has 0 aromatic carbocycles. The average molecular weight is 796 g/mol. The fraction of sp³-hybridized carbons (Fsp3) is 0.896. The fourth-order valence-electron chi connectivity index (χ4n) is 7.53. The van der Waals surface area contributed by atoms with Crippen molar-refractivity contribution in [3.05, 3.63) is 24.3 Å². The van der Waals surface area contributed by atoms with E-state index >= 15 is 0 Å². The number of aliphatic hydroxyl groups is 1. The number of allylic oxidation sites excluding steroid dienone is 3. The van der Waals surface area contributed by atoms with Gasteiger partial charge in [0, 0.05) is 6.42 Å². The summed E-state index contributed by atoms with van der Waals surface area (Å²) in [5, 5.41) is 13.3. The van der Waals surface area contributed by atoms with Crippen molar-refractivity contribution in [2.24, 2.45) is 0 Å². The topological polar surface area (TPSA) is 104 Å². The van der Waals surface area contributed by atoms with Crippen LogP contribution in [0.3, 0.4) is 0 Å². The summed E-state index contributed by atoms with van der Waals surface area (Å²) in [7, 11) is -4.35. The van der Waals surface area contributed by atoms with E-state index in [4.69, 9.17) is 0 Å². The third-order valence-electron chi connectivity index (χ3n) is 11.1. The van der Waals surface area contributed by atoms with Gasteiger partial charge >= 0.3 is 0 Å². The summed E-state index contributed by atoms with van der Waals surface area (Å²) in [6.07, 6.45) is 54.7. The van der Waals surface area contributed by atoms with Gasteiger partial charge in [0.1, 0.15) is 0 Å². The van der Waals surface area contributed by atoms with E-state index in [1.165, 1.54) is 205 Å². The van der Waals surface area contributed by atoms with Crippen LogP contribution in [-0.4, -0.2) is 41.9 Å². The standard InChI is InChI=1S/C48H93NO5S/c1-3-5-7-9-11-13-15-17-19-21-23-24-26-27-29-31-33-35-37-39-41-43-47(50)46(45-55(52,53)54)49-48(51)44-42-40-38-36-34-32-30-28-25-22-20-18-16-14-12-10-8-6-4-2/h33,35,41,43,46-47,50H,3-32,34,36-40,42,44-45H2,1-2H3,(H,49,51)(H,52,53,54)/b35-33+,43-41+. The van der Waals surface area contributed by atoms with Crippen molar-refractivity contribution in [3.63, 3.8) is 0 Å². The lowest BCUT2D eigenvalue weighted by Crippen LogP contribution is -2.46. The lowest BCUT2D eigenvalue weighted by atomic mass is 10.0. The molecule has 326 valence electrons. The molecule has 0 aliphatic carbocycles. The predicted octanol–water partition coefficient (Wildman–Crippen LogP) is 14.7. The molecule has 0 heterocycles. The maximum Gasteiger partial charge on any atom is 0.267 e. The van der Waals surface area contributed by atoms with Gasteiger partial charge in [-0.05, 0) is 32.1 Å². The van der Waals surface area contributed by atoms with Gasteiger partial charge in [-0.1, -0.05) is 244 Å². The Morgan fingerprint density at radius 1 is 0.473 bits per heavy atom. The number of aliphatic hydroxyl groups excluding tert-OH is 1. The first-order valence-corrected chi connectivity index (χ1v) is 25.6. The van der Waals surface area contributed by atoms with E-state index in [1.54, 1.807) is 0 Å². The van der Waals surface area contributed by atoms with Gasteiger partial charge in [-0.2, -0.15) is 8.42 Å². The highest BCUT2D eigenvalue weighted by atomic mass is 32.2. The van der Waals surface area contributed by atoms with Gasteiger partial charge in [-0.25, -0.2) is 0 Å². The lowest BCUT2D eigenvalue weighted by Gasteiger charge is -2.21. The van der Waals surface area contributed by atoms with Crippen LogP contribution in [0, 0.1) is 0 Å². The van der Waals surface area contributed by atoms with Crippen LogP contribution in [0.2, 0.25) is 0 Å². The zero-order chi connectivity index (χ0) is 40.3. The van der Waals surface area contributed by atoms with Crippen molar-refractivity contribution >= 4 is 16.0 Å². The van der Waals surface area contributed by atoms with Crippen LogP contribution in [0.25, 0.3) is 0 Å². The summed E-state index contributed by atoms with van der Waals surface area (Å²) < 4.78 is 32.6. The van der Waals surface area contributed by atoms with E-state index in [0.717, 1.165) is 38.5 Å². The number of rotatable bonds is 44. The Labute approximate surface area is 343 Å². The summed E-state index contributed by atoms with van der Waals surface area (Å²) in [5.74, 6) is -0.988. The molecule has 3 N–H and O–H groups in total. The minimum Gasteiger partial charge on any atom is -0.387 e. The second kappa shape index (κ2) is 42.4. The van der Waals surface area contributed by atoms with Gasteiger partial charge in [0.25, 0.3) is 10.1 Å². The van der Waals surface area contributed by atoms with E-state index in [9.17, 15) is 22.9 Å². The molecule has 0 bridgehead atoms. The van der Waals surface area contributed by atoms with Gasteiger partial charge in [-0.3, -0.25) is 9.35 Å². The number of carbonyl (C=O) groups excluding carboxylic acids is 1. The van der Waals surface area contributed by atoms with Crippen molar-refractivity contribution in [2.75, 3.05) is 5.75 Å². The summed E-state index contributed by atoms with van der Waals surface area (Å²) >= 11 is 0. The Balaban J connectivity index is 3.85. The Kier molecular flexibility index (Phi) is 41.5. The van der Waals surface area contributed by atoms with Crippen LogP contribution >= 0.6 is 0 Å². The van der Waals surface area contributed by atoms with Gasteiger partial charge in [0.05, 0.1) is 17.9 Å². The first kappa shape index (κ1) is 53.8. The molecule has 0 fully saturated rings. The van der Waals surface area contributed by atoms with Crippen molar-refractivity contribution in [2.45, 2.75) is 270 Å². The SMILES string of the molecule is CCCCCCCCCCCCCCCCC/C=C/CC/C=C/C(O)C(CS(=O)(=O)O)NC(=O)CCCCCCCCCCCCCCCCCCCCC. The van der Waals surface area contributed by atoms with Gasteiger partial charge in [-0.15, -0.1) is 0 Å².